The molecule has 1 N–H and O–H groups in total. The molecule has 1 heterocycles. The third-order valence-electron chi connectivity index (χ3n) is 4.13. The number of hydrogen-bond acceptors (Lipinski definition) is 3. The highest BCUT2D eigenvalue weighted by molar-refractivity contribution is 7.99. The number of carbonyl (C=O) groups is 1. The molecule has 2 aromatic rings. The van der Waals surface area contributed by atoms with E-state index in [0.29, 0.717) is 16.3 Å². The summed E-state index contributed by atoms with van der Waals surface area (Å²) in [6.07, 6.45) is 2.48. The van der Waals surface area contributed by atoms with Gasteiger partial charge in [-0.15, -0.1) is 11.8 Å². The Bertz CT molecular complexity index is 733. The van der Waals surface area contributed by atoms with Gasteiger partial charge < -0.3 is 10.2 Å². The number of amides is 1. The minimum atomic E-state index is -0.335. The summed E-state index contributed by atoms with van der Waals surface area (Å²) in [6.45, 7) is 2.20. The number of halogens is 2. The van der Waals surface area contributed by atoms with Gasteiger partial charge in [0.25, 0.3) is 0 Å². The molecule has 25 heavy (non-hydrogen) atoms. The Morgan fingerprint density at radius 1 is 1.16 bits per heavy atom. The molecule has 2 aromatic carbocycles. The maximum Gasteiger partial charge on any atom is 0.234 e. The second-order valence-electron chi connectivity index (χ2n) is 6.02. The van der Waals surface area contributed by atoms with Crippen LogP contribution in [0.4, 0.5) is 15.8 Å². The molecular formula is C19H20ClFN2OS. The van der Waals surface area contributed by atoms with Gasteiger partial charge in [-0.1, -0.05) is 17.7 Å². The lowest BCUT2D eigenvalue weighted by Crippen LogP contribution is -2.18. The van der Waals surface area contributed by atoms with Gasteiger partial charge in [0.05, 0.1) is 5.75 Å². The molecule has 0 atom stereocenters. The first-order valence-corrected chi connectivity index (χ1v) is 9.81. The fourth-order valence-corrected chi connectivity index (χ4v) is 3.79. The van der Waals surface area contributed by atoms with E-state index in [0.717, 1.165) is 18.8 Å². The third-order valence-corrected chi connectivity index (χ3v) is 5.34. The van der Waals surface area contributed by atoms with E-state index in [9.17, 15) is 9.18 Å². The van der Waals surface area contributed by atoms with E-state index >= 15 is 0 Å². The van der Waals surface area contributed by atoms with E-state index in [1.807, 2.05) is 24.3 Å². The van der Waals surface area contributed by atoms with Crippen LogP contribution in [0.15, 0.2) is 42.5 Å². The van der Waals surface area contributed by atoms with E-state index < -0.39 is 0 Å². The Labute approximate surface area is 156 Å². The summed E-state index contributed by atoms with van der Waals surface area (Å²) in [7, 11) is 0. The van der Waals surface area contributed by atoms with Crippen LogP contribution in [0.1, 0.15) is 18.4 Å². The number of nitrogens with zero attached hydrogens (tertiary/aromatic N) is 1. The Morgan fingerprint density at radius 3 is 2.56 bits per heavy atom. The van der Waals surface area contributed by atoms with Crippen molar-refractivity contribution in [3.05, 3.63) is 58.9 Å². The predicted molar refractivity (Wildman–Crippen MR) is 104 cm³/mol. The lowest BCUT2D eigenvalue weighted by Gasteiger charge is -2.17. The third kappa shape index (κ3) is 5.13. The molecule has 3 rings (SSSR count). The molecule has 0 unspecified atom stereocenters. The largest absolute Gasteiger partial charge is 0.372 e. The van der Waals surface area contributed by atoms with Crippen molar-refractivity contribution in [2.24, 2.45) is 0 Å². The van der Waals surface area contributed by atoms with Crippen LogP contribution >= 0.6 is 23.4 Å². The van der Waals surface area contributed by atoms with Gasteiger partial charge in [0, 0.05) is 35.2 Å². The van der Waals surface area contributed by atoms with E-state index in [2.05, 4.69) is 10.2 Å². The molecule has 1 fully saturated rings. The number of hydrogen-bond donors (Lipinski definition) is 1. The molecule has 0 bridgehead atoms. The van der Waals surface area contributed by atoms with Crippen molar-refractivity contribution in [2.75, 3.05) is 29.1 Å². The van der Waals surface area contributed by atoms with Crippen molar-refractivity contribution in [2.45, 2.75) is 18.6 Å². The summed E-state index contributed by atoms with van der Waals surface area (Å²) in [5, 5.41) is 3.25. The first-order chi connectivity index (χ1) is 12.1. The fourth-order valence-electron chi connectivity index (χ4n) is 2.82. The lowest BCUT2D eigenvalue weighted by molar-refractivity contribution is -0.113. The minimum Gasteiger partial charge on any atom is -0.372 e. The summed E-state index contributed by atoms with van der Waals surface area (Å²) in [4.78, 5) is 14.4. The van der Waals surface area contributed by atoms with Crippen molar-refractivity contribution >= 4 is 40.6 Å². The molecule has 0 aliphatic carbocycles. The van der Waals surface area contributed by atoms with Gasteiger partial charge in [-0.2, -0.15) is 0 Å². The standard InChI is InChI=1S/C19H20ClFN2OS/c20-15-4-3-14(18(21)11-15)12-25-13-19(24)22-16-5-7-17(8-6-16)23-9-1-2-10-23/h3-8,11H,1-2,9-10,12-13H2,(H,22,24). The molecule has 1 saturated heterocycles. The number of rotatable bonds is 6. The zero-order valence-electron chi connectivity index (χ0n) is 13.8. The van der Waals surface area contributed by atoms with E-state index in [-0.39, 0.29) is 17.5 Å². The van der Waals surface area contributed by atoms with Crippen LogP contribution in [0.2, 0.25) is 5.02 Å². The van der Waals surface area contributed by atoms with E-state index in [1.165, 1.54) is 36.4 Å². The fraction of sp³-hybridized carbons (Fsp3) is 0.316. The monoisotopic (exact) mass is 378 g/mol. The average Bonchev–Trinajstić information content (AvgIpc) is 3.12. The summed E-state index contributed by atoms with van der Waals surface area (Å²) in [6, 6.07) is 12.5. The highest BCUT2D eigenvalue weighted by Crippen LogP contribution is 2.23. The van der Waals surface area contributed by atoms with Crippen molar-refractivity contribution in [1.29, 1.82) is 0 Å². The van der Waals surface area contributed by atoms with Gasteiger partial charge in [-0.25, -0.2) is 4.39 Å². The highest BCUT2D eigenvalue weighted by Gasteiger charge is 2.12. The Hall–Kier alpha value is -1.72. The van der Waals surface area contributed by atoms with Crippen LogP contribution in [0.25, 0.3) is 0 Å². The molecule has 3 nitrogen and oxygen atoms in total. The molecule has 0 radical (unpaired) electrons. The first-order valence-electron chi connectivity index (χ1n) is 8.28. The number of nitrogens with one attached hydrogen (secondary N) is 1. The minimum absolute atomic E-state index is 0.0895. The van der Waals surface area contributed by atoms with Gasteiger partial charge in [-0.05, 0) is 54.8 Å². The predicted octanol–water partition coefficient (Wildman–Crippen LogP) is 4.95. The molecule has 1 amide bonds. The first kappa shape index (κ1) is 18.1. The van der Waals surface area contributed by atoms with Crippen LogP contribution in [0.3, 0.4) is 0 Å². The molecule has 0 saturated carbocycles. The second kappa shape index (κ2) is 8.59. The molecule has 0 spiro atoms. The molecular weight excluding hydrogens is 359 g/mol. The Morgan fingerprint density at radius 2 is 1.88 bits per heavy atom. The van der Waals surface area contributed by atoms with Gasteiger partial charge in [-0.3, -0.25) is 4.79 Å². The maximum atomic E-state index is 13.7. The van der Waals surface area contributed by atoms with Crippen molar-refractivity contribution in [3.63, 3.8) is 0 Å². The normalized spacial score (nSPS) is 13.9. The summed E-state index contributed by atoms with van der Waals surface area (Å²) >= 11 is 7.10. The van der Waals surface area contributed by atoms with E-state index in [1.54, 1.807) is 12.1 Å². The SMILES string of the molecule is O=C(CSCc1ccc(Cl)cc1F)Nc1ccc(N2CCCC2)cc1. The average molecular weight is 379 g/mol. The quantitative estimate of drug-likeness (QED) is 0.771. The number of anilines is 2. The Balaban J connectivity index is 1.45. The zero-order valence-corrected chi connectivity index (χ0v) is 15.4. The van der Waals surface area contributed by atoms with Gasteiger partial charge in [0.15, 0.2) is 0 Å². The van der Waals surface area contributed by atoms with Gasteiger partial charge in [0.2, 0.25) is 5.91 Å². The highest BCUT2D eigenvalue weighted by atomic mass is 35.5. The van der Waals surface area contributed by atoms with Crippen LogP contribution < -0.4 is 10.2 Å². The topological polar surface area (TPSA) is 32.3 Å². The summed E-state index contributed by atoms with van der Waals surface area (Å²) < 4.78 is 13.7. The van der Waals surface area contributed by atoms with Crippen LogP contribution in [-0.4, -0.2) is 24.7 Å². The maximum absolute atomic E-state index is 13.7. The molecule has 1 aliphatic heterocycles. The molecule has 6 heteroatoms. The summed E-state index contributed by atoms with van der Waals surface area (Å²) in [5.74, 6) is 0.284. The van der Waals surface area contributed by atoms with Crippen molar-refractivity contribution in [3.8, 4) is 0 Å². The number of benzene rings is 2. The second-order valence-corrected chi connectivity index (χ2v) is 7.44. The van der Waals surface area contributed by atoms with E-state index in [4.69, 9.17) is 11.6 Å². The summed E-state index contributed by atoms with van der Waals surface area (Å²) in [5.41, 5.74) is 2.53. The smallest absolute Gasteiger partial charge is 0.234 e. The van der Waals surface area contributed by atoms with Crippen LogP contribution in [0.5, 0.6) is 0 Å². The zero-order chi connectivity index (χ0) is 17.6. The van der Waals surface area contributed by atoms with Gasteiger partial charge in [0.1, 0.15) is 5.82 Å². The van der Waals surface area contributed by atoms with Crippen LogP contribution in [0, 0.1) is 5.82 Å². The lowest BCUT2D eigenvalue weighted by atomic mass is 10.2. The molecule has 1 aliphatic rings. The van der Waals surface area contributed by atoms with Crippen LogP contribution in [-0.2, 0) is 10.5 Å². The van der Waals surface area contributed by atoms with Crippen molar-refractivity contribution in [1.82, 2.24) is 0 Å². The molecule has 132 valence electrons. The Kier molecular flexibility index (Phi) is 6.21. The molecule has 0 aromatic heterocycles. The number of thioether (sulfide) groups is 1. The number of carbonyl (C=O) groups excluding carboxylic acids is 1. The van der Waals surface area contributed by atoms with Crippen molar-refractivity contribution < 1.29 is 9.18 Å². The van der Waals surface area contributed by atoms with Gasteiger partial charge >= 0.3 is 0 Å².